The van der Waals surface area contributed by atoms with Crippen LogP contribution in [0.5, 0.6) is 0 Å². The van der Waals surface area contributed by atoms with Crippen molar-refractivity contribution in [1.82, 2.24) is 5.32 Å². The zero-order valence-corrected chi connectivity index (χ0v) is 12.3. The van der Waals surface area contributed by atoms with Crippen LogP contribution in [-0.4, -0.2) is 23.2 Å². The zero-order chi connectivity index (χ0) is 14.4. The van der Waals surface area contributed by atoms with Crippen LogP contribution in [0.25, 0.3) is 0 Å². The maximum absolute atomic E-state index is 12.0. The van der Waals surface area contributed by atoms with E-state index in [0.717, 1.165) is 38.5 Å². The van der Waals surface area contributed by atoms with Crippen molar-refractivity contribution < 1.29 is 9.90 Å². The van der Waals surface area contributed by atoms with Gasteiger partial charge < -0.3 is 10.4 Å². The summed E-state index contributed by atoms with van der Waals surface area (Å²) in [6.07, 6.45) is 5.91. The van der Waals surface area contributed by atoms with E-state index in [4.69, 9.17) is 0 Å². The number of hydrogen-bond donors (Lipinski definition) is 2. The van der Waals surface area contributed by atoms with Gasteiger partial charge in [-0.05, 0) is 31.7 Å². The first kappa shape index (κ1) is 15.0. The van der Waals surface area contributed by atoms with E-state index in [-0.39, 0.29) is 18.1 Å². The van der Waals surface area contributed by atoms with Gasteiger partial charge in [0.05, 0.1) is 12.1 Å². The lowest BCUT2D eigenvalue weighted by molar-refractivity contribution is -0.122. The highest BCUT2D eigenvalue weighted by molar-refractivity contribution is 5.76. The molecule has 110 valence electrons. The van der Waals surface area contributed by atoms with Crippen molar-refractivity contribution in [1.29, 1.82) is 0 Å². The van der Waals surface area contributed by atoms with Gasteiger partial charge >= 0.3 is 0 Å². The summed E-state index contributed by atoms with van der Waals surface area (Å²) < 4.78 is 0. The quantitative estimate of drug-likeness (QED) is 0.830. The molecule has 3 heteroatoms. The van der Waals surface area contributed by atoms with E-state index in [1.165, 1.54) is 11.1 Å². The van der Waals surface area contributed by atoms with Crippen molar-refractivity contribution in [2.75, 3.05) is 0 Å². The second kappa shape index (κ2) is 7.44. The van der Waals surface area contributed by atoms with E-state index in [1.807, 2.05) is 0 Å². The van der Waals surface area contributed by atoms with Gasteiger partial charge in [0, 0.05) is 6.42 Å². The summed E-state index contributed by atoms with van der Waals surface area (Å²) in [4.78, 5) is 12.0. The van der Waals surface area contributed by atoms with E-state index >= 15 is 0 Å². The summed E-state index contributed by atoms with van der Waals surface area (Å²) in [5.74, 6) is 0.0523. The molecule has 1 fully saturated rings. The standard InChI is InChI=1S/C17H25NO2/c1-13-7-9-14(10-8-13)11-12-17(20)18-15-5-3-2-4-6-16(15)19/h7-10,15-16,19H,2-6,11-12H2,1H3,(H,18,20). The monoisotopic (exact) mass is 275 g/mol. The fraction of sp³-hybridized carbons (Fsp3) is 0.588. The molecule has 0 heterocycles. The third-order valence-electron chi connectivity index (χ3n) is 4.09. The summed E-state index contributed by atoms with van der Waals surface area (Å²) in [6, 6.07) is 8.24. The number of aliphatic hydroxyl groups excluding tert-OH is 1. The van der Waals surface area contributed by atoms with Crippen molar-refractivity contribution in [2.45, 2.75) is 64.0 Å². The van der Waals surface area contributed by atoms with Crippen LogP contribution in [-0.2, 0) is 11.2 Å². The van der Waals surface area contributed by atoms with Crippen LogP contribution in [0.2, 0.25) is 0 Å². The molecule has 20 heavy (non-hydrogen) atoms. The number of benzene rings is 1. The van der Waals surface area contributed by atoms with Crippen LogP contribution >= 0.6 is 0 Å². The second-order valence-electron chi connectivity index (χ2n) is 5.86. The fourth-order valence-corrected chi connectivity index (χ4v) is 2.75. The van der Waals surface area contributed by atoms with E-state index in [0.29, 0.717) is 6.42 Å². The van der Waals surface area contributed by atoms with E-state index < -0.39 is 0 Å². The normalized spacial score (nSPS) is 23.1. The lowest BCUT2D eigenvalue weighted by Crippen LogP contribution is -2.42. The molecule has 2 rings (SSSR count). The largest absolute Gasteiger partial charge is 0.391 e. The molecular formula is C17H25NO2. The van der Waals surface area contributed by atoms with Crippen molar-refractivity contribution >= 4 is 5.91 Å². The number of hydrogen-bond acceptors (Lipinski definition) is 2. The van der Waals surface area contributed by atoms with Crippen LogP contribution in [0.1, 0.15) is 49.7 Å². The molecule has 2 unspecified atom stereocenters. The van der Waals surface area contributed by atoms with Crippen LogP contribution in [0, 0.1) is 6.92 Å². The average molecular weight is 275 g/mol. The topological polar surface area (TPSA) is 49.3 Å². The van der Waals surface area contributed by atoms with Crippen molar-refractivity contribution in [3.63, 3.8) is 0 Å². The molecule has 1 aliphatic carbocycles. The van der Waals surface area contributed by atoms with Gasteiger partial charge in [0.25, 0.3) is 0 Å². The Morgan fingerprint density at radius 3 is 2.65 bits per heavy atom. The predicted octanol–water partition coefficient (Wildman–Crippen LogP) is 2.74. The van der Waals surface area contributed by atoms with Gasteiger partial charge in [-0.25, -0.2) is 0 Å². The molecule has 0 spiro atoms. The summed E-state index contributed by atoms with van der Waals surface area (Å²) in [6.45, 7) is 2.06. The molecule has 0 aromatic heterocycles. The predicted molar refractivity (Wildman–Crippen MR) is 80.5 cm³/mol. The summed E-state index contributed by atoms with van der Waals surface area (Å²) in [5, 5.41) is 13.0. The Hall–Kier alpha value is -1.35. The smallest absolute Gasteiger partial charge is 0.220 e. The maximum atomic E-state index is 12.0. The minimum absolute atomic E-state index is 0.0523. The Labute approximate surface area is 121 Å². The van der Waals surface area contributed by atoms with Gasteiger partial charge in [-0.1, -0.05) is 49.1 Å². The number of aryl methyl sites for hydroxylation is 2. The van der Waals surface area contributed by atoms with Crippen LogP contribution < -0.4 is 5.32 Å². The Morgan fingerprint density at radius 1 is 1.20 bits per heavy atom. The minimum Gasteiger partial charge on any atom is -0.391 e. The van der Waals surface area contributed by atoms with Gasteiger partial charge in [0.15, 0.2) is 0 Å². The molecule has 1 aromatic rings. The molecule has 0 saturated heterocycles. The molecule has 2 N–H and O–H groups in total. The van der Waals surface area contributed by atoms with Crippen LogP contribution in [0.3, 0.4) is 0 Å². The Bertz CT molecular complexity index is 427. The zero-order valence-electron chi connectivity index (χ0n) is 12.3. The highest BCUT2D eigenvalue weighted by atomic mass is 16.3. The van der Waals surface area contributed by atoms with Crippen molar-refractivity contribution in [3.8, 4) is 0 Å². The third-order valence-corrected chi connectivity index (χ3v) is 4.09. The fourth-order valence-electron chi connectivity index (χ4n) is 2.75. The molecule has 1 aromatic carbocycles. The molecule has 3 nitrogen and oxygen atoms in total. The third kappa shape index (κ3) is 4.64. The maximum Gasteiger partial charge on any atom is 0.220 e. The van der Waals surface area contributed by atoms with Gasteiger partial charge in [-0.3, -0.25) is 4.79 Å². The Balaban J connectivity index is 1.78. The van der Waals surface area contributed by atoms with Crippen molar-refractivity contribution in [3.05, 3.63) is 35.4 Å². The van der Waals surface area contributed by atoms with E-state index in [2.05, 4.69) is 36.5 Å². The van der Waals surface area contributed by atoms with Gasteiger partial charge in [-0.15, -0.1) is 0 Å². The first-order valence-corrected chi connectivity index (χ1v) is 7.68. The molecule has 2 atom stereocenters. The van der Waals surface area contributed by atoms with E-state index in [9.17, 15) is 9.90 Å². The second-order valence-corrected chi connectivity index (χ2v) is 5.86. The summed E-state index contributed by atoms with van der Waals surface area (Å²) >= 11 is 0. The Morgan fingerprint density at radius 2 is 1.90 bits per heavy atom. The molecular weight excluding hydrogens is 250 g/mol. The number of nitrogens with one attached hydrogen (secondary N) is 1. The first-order chi connectivity index (χ1) is 9.65. The van der Waals surface area contributed by atoms with Crippen LogP contribution in [0.15, 0.2) is 24.3 Å². The molecule has 0 radical (unpaired) electrons. The summed E-state index contributed by atoms with van der Waals surface area (Å²) in [5.41, 5.74) is 2.42. The lowest BCUT2D eigenvalue weighted by atomic mass is 10.0. The number of carbonyl (C=O) groups excluding carboxylic acids is 1. The molecule has 0 aliphatic heterocycles. The minimum atomic E-state index is -0.374. The molecule has 1 aliphatic rings. The molecule has 1 saturated carbocycles. The first-order valence-electron chi connectivity index (χ1n) is 7.68. The highest BCUT2D eigenvalue weighted by Crippen LogP contribution is 2.18. The number of rotatable bonds is 4. The number of carbonyl (C=O) groups is 1. The van der Waals surface area contributed by atoms with Gasteiger partial charge in [0.2, 0.25) is 5.91 Å². The summed E-state index contributed by atoms with van der Waals surface area (Å²) in [7, 11) is 0. The van der Waals surface area contributed by atoms with Crippen molar-refractivity contribution in [2.24, 2.45) is 0 Å². The lowest BCUT2D eigenvalue weighted by Gasteiger charge is -2.21. The average Bonchev–Trinajstić information content (AvgIpc) is 2.64. The Kier molecular flexibility index (Phi) is 5.60. The van der Waals surface area contributed by atoms with Crippen LogP contribution in [0.4, 0.5) is 0 Å². The molecule has 0 bridgehead atoms. The number of aliphatic hydroxyl groups is 1. The van der Waals surface area contributed by atoms with E-state index in [1.54, 1.807) is 0 Å². The van der Waals surface area contributed by atoms with Gasteiger partial charge in [0.1, 0.15) is 0 Å². The van der Waals surface area contributed by atoms with Gasteiger partial charge in [-0.2, -0.15) is 0 Å². The molecule has 1 amide bonds. The highest BCUT2D eigenvalue weighted by Gasteiger charge is 2.22. The SMILES string of the molecule is Cc1ccc(CCC(=O)NC2CCCCCC2O)cc1. The number of amides is 1.